The van der Waals surface area contributed by atoms with Crippen LogP contribution in [-0.4, -0.2) is 23.1 Å². The molecule has 1 saturated carbocycles. The molecule has 1 spiro atoms. The maximum Gasteiger partial charge on any atom is 0.446 e. The van der Waals surface area contributed by atoms with Crippen molar-refractivity contribution in [2.24, 2.45) is 21.5 Å². The fraction of sp³-hybridized carbons (Fsp3) is 0.467. The van der Waals surface area contributed by atoms with Gasteiger partial charge in [0.05, 0.1) is 0 Å². The van der Waals surface area contributed by atoms with Crippen molar-refractivity contribution in [3.8, 4) is 0 Å². The molecule has 1 aromatic rings. The van der Waals surface area contributed by atoms with Crippen molar-refractivity contribution in [1.82, 2.24) is 0 Å². The minimum Gasteiger partial charge on any atom is -0.369 e. The molecular weight excluding hydrogens is 339 g/mol. The van der Waals surface area contributed by atoms with Crippen molar-refractivity contribution in [1.29, 1.82) is 0 Å². The molecule has 130 valence electrons. The van der Waals surface area contributed by atoms with Gasteiger partial charge in [0, 0.05) is 10.6 Å². The molecule has 0 amide bonds. The molecule has 5 nitrogen and oxygen atoms in total. The van der Waals surface area contributed by atoms with Gasteiger partial charge in [0.25, 0.3) is 0 Å². The van der Waals surface area contributed by atoms with Gasteiger partial charge in [0.15, 0.2) is 0 Å². The van der Waals surface area contributed by atoms with Crippen molar-refractivity contribution in [2.45, 2.75) is 48.2 Å². The van der Waals surface area contributed by atoms with E-state index in [9.17, 15) is 13.2 Å². The first-order valence-corrected chi connectivity index (χ1v) is 8.46. The molecule has 1 aliphatic heterocycles. The van der Waals surface area contributed by atoms with Crippen molar-refractivity contribution in [3.05, 3.63) is 24.3 Å². The summed E-state index contributed by atoms with van der Waals surface area (Å²) in [5.41, 5.74) is 7.40. The zero-order valence-corrected chi connectivity index (χ0v) is 13.7. The van der Waals surface area contributed by atoms with Crippen LogP contribution in [0.25, 0.3) is 0 Å². The van der Waals surface area contributed by atoms with E-state index < -0.39 is 11.2 Å². The molecule has 24 heavy (non-hydrogen) atoms. The molecule has 2 aliphatic rings. The number of alkyl halides is 3. The highest BCUT2D eigenvalue weighted by Crippen LogP contribution is 2.42. The minimum atomic E-state index is -4.34. The quantitative estimate of drug-likeness (QED) is 0.795. The molecular formula is C15H18F3N5S. The van der Waals surface area contributed by atoms with Gasteiger partial charge in [-0.1, -0.05) is 12.5 Å². The lowest BCUT2D eigenvalue weighted by Gasteiger charge is -2.45. The third kappa shape index (κ3) is 3.45. The van der Waals surface area contributed by atoms with Gasteiger partial charge in [0.2, 0.25) is 11.9 Å². The number of benzene rings is 1. The Labute approximate surface area is 142 Å². The SMILES string of the molecule is NC1=NC2(CCCCC2)N(c2cccc(SC(F)(F)F)c2)C(N)=N1. The molecule has 1 heterocycles. The predicted molar refractivity (Wildman–Crippen MR) is 89.9 cm³/mol. The van der Waals surface area contributed by atoms with E-state index in [1.54, 1.807) is 17.0 Å². The van der Waals surface area contributed by atoms with Gasteiger partial charge in [-0.05, 0) is 55.6 Å². The van der Waals surface area contributed by atoms with Gasteiger partial charge in [-0.3, -0.25) is 4.90 Å². The summed E-state index contributed by atoms with van der Waals surface area (Å²) < 4.78 is 38.0. The Hall–Kier alpha value is -1.90. The van der Waals surface area contributed by atoms with E-state index in [0.717, 1.165) is 32.1 Å². The number of nitrogens with zero attached hydrogens (tertiary/aromatic N) is 3. The lowest BCUT2D eigenvalue weighted by atomic mass is 9.87. The van der Waals surface area contributed by atoms with Crippen LogP contribution >= 0.6 is 11.8 Å². The van der Waals surface area contributed by atoms with E-state index in [4.69, 9.17) is 11.5 Å². The van der Waals surface area contributed by atoms with Crippen LogP contribution in [0.3, 0.4) is 0 Å². The summed E-state index contributed by atoms with van der Waals surface area (Å²) in [6, 6.07) is 6.18. The first kappa shape index (κ1) is 16.9. The fourth-order valence-corrected chi connectivity index (χ4v) is 3.91. The second kappa shape index (κ2) is 6.19. The monoisotopic (exact) mass is 357 g/mol. The lowest BCUT2D eigenvalue weighted by Crippen LogP contribution is -2.58. The number of halogens is 3. The van der Waals surface area contributed by atoms with E-state index in [1.165, 1.54) is 12.1 Å². The van der Waals surface area contributed by atoms with Crippen LogP contribution in [0.1, 0.15) is 32.1 Å². The topological polar surface area (TPSA) is 80.0 Å². The van der Waals surface area contributed by atoms with Gasteiger partial charge in [-0.15, -0.1) is 0 Å². The van der Waals surface area contributed by atoms with Gasteiger partial charge >= 0.3 is 5.51 Å². The van der Waals surface area contributed by atoms with E-state index >= 15 is 0 Å². The Morgan fingerprint density at radius 1 is 1.12 bits per heavy atom. The summed E-state index contributed by atoms with van der Waals surface area (Å²) in [7, 11) is 0. The number of rotatable bonds is 2. The average molecular weight is 357 g/mol. The van der Waals surface area contributed by atoms with Crippen LogP contribution < -0.4 is 16.4 Å². The number of nitrogens with two attached hydrogens (primary N) is 2. The predicted octanol–water partition coefficient (Wildman–Crippen LogP) is 3.41. The average Bonchev–Trinajstić information content (AvgIpc) is 2.45. The van der Waals surface area contributed by atoms with Gasteiger partial charge in [0.1, 0.15) is 5.66 Å². The molecule has 0 radical (unpaired) electrons. The Bertz CT molecular complexity index is 680. The molecule has 4 N–H and O–H groups in total. The maximum atomic E-state index is 12.7. The summed E-state index contributed by atoms with van der Waals surface area (Å²) in [6.45, 7) is 0. The molecule has 0 aromatic heterocycles. The highest BCUT2D eigenvalue weighted by atomic mass is 32.2. The number of hydrogen-bond donors (Lipinski definition) is 2. The van der Waals surface area contributed by atoms with Gasteiger partial charge in [-0.2, -0.15) is 18.2 Å². The molecule has 1 fully saturated rings. The van der Waals surface area contributed by atoms with Gasteiger partial charge in [-0.25, -0.2) is 4.99 Å². The Kier molecular flexibility index (Phi) is 4.37. The Morgan fingerprint density at radius 3 is 2.50 bits per heavy atom. The Morgan fingerprint density at radius 2 is 1.83 bits per heavy atom. The van der Waals surface area contributed by atoms with Crippen LogP contribution in [-0.2, 0) is 0 Å². The van der Waals surface area contributed by atoms with Crippen LogP contribution in [0.15, 0.2) is 39.1 Å². The van der Waals surface area contributed by atoms with E-state index in [-0.39, 0.29) is 28.6 Å². The number of aliphatic imine (C=N–C) groups is 2. The summed E-state index contributed by atoms with van der Waals surface area (Å²) in [5.74, 6) is 0.282. The number of anilines is 1. The van der Waals surface area contributed by atoms with Crippen LogP contribution in [0, 0.1) is 0 Å². The molecule has 0 bridgehead atoms. The first-order chi connectivity index (χ1) is 11.3. The molecule has 3 rings (SSSR count). The minimum absolute atomic E-state index is 0.0984. The van der Waals surface area contributed by atoms with Crippen molar-refractivity contribution in [2.75, 3.05) is 4.90 Å². The van der Waals surface area contributed by atoms with Crippen LogP contribution in [0.5, 0.6) is 0 Å². The zero-order chi connectivity index (χ0) is 17.4. The van der Waals surface area contributed by atoms with E-state index in [0.29, 0.717) is 5.69 Å². The lowest BCUT2D eigenvalue weighted by molar-refractivity contribution is -0.0328. The first-order valence-electron chi connectivity index (χ1n) is 7.65. The highest BCUT2D eigenvalue weighted by molar-refractivity contribution is 8.00. The second-order valence-corrected chi connectivity index (χ2v) is 7.00. The Balaban J connectivity index is 1.99. The van der Waals surface area contributed by atoms with E-state index in [2.05, 4.69) is 9.98 Å². The van der Waals surface area contributed by atoms with Crippen molar-refractivity contribution < 1.29 is 13.2 Å². The third-order valence-corrected chi connectivity index (χ3v) is 4.88. The number of guanidine groups is 2. The molecule has 0 saturated heterocycles. The summed E-state index contributed by atoms with van der Waals surface area (Å²) in [5, 5.41) is 0. The van der Waals surface area contributed by atoms with E-state index in [1.807, 2.05) is 0 Å². The summed E-state index contributed by atoms with van der Waals surface area (Å²) in [4.78, 5) is 10.3. The summed E-state index contributed by atoms with van der Waals surface area (Å²) in [6.07, 6.45) is 4.47. The largest absolute Gasteiger partial charge is 0.446 e. The zero-order valence-electron chi connectivity index (χ0n) is 12.9. The van der Waals surface area contributed by atoms with Gasteiger partial charge < -0.3 is 11.5 Å². The second-order valence-electron chi connectivity index (χ2n) is 5.86. The molecule has 1 aromatic carbocycles. The van der Waals surface area contributed by atoms with Crippen LogP contribution in [0.4, 0.5) is 18.9 Å². The molecule has 9 heteroatoms. The third-order valence-electron chi connectivity index (χ3n) is 4.16. The smallest absolute Gasteiger partial charge is 0.369 e. The molecule has 0 unspecified atom stereocenters. The highest BCUT2D eigenvalue weighted by Gasteiger charge is 2.42. The fourth-order valence-electron chi connectivity index (χ4n) is 3.31. The van der Waals surface area contributed by atoms with Crippen molar-refractivity contribution >= 4 is 29.4 Å². The maximum absolute atomic E-state index is 12.7. The molecule has 0 atom stereocenters. The van der Waals surface area contributed by atoms with Crippen LogP contribution in [0.2, 0.25) is 0 Å². The standard InChI is InChI=1S/C15H18F3N5S/c16-15(17,18)24-11-6-4-5-10(9-11)23-13(20)21-12(19)22-14(23)7-2-1-3-8-14/h4-6,9H,1-3,7-8H2,(H4,19,20,21,22). The number of thioether (sulfide) groups is 1. The number of hydrogen-bond acceptors (Lipinski definition) is 6. The van der Waals surface area contributed by atoms with Crippen molar-refractivity contribution in [3.63, 3.8) is 0 Å². The molecule has 1 aliphatic carbocycles. The summed E-state index contributed by atoms with van der Waals surface area (Å²) >= 11 is -0.152. The normalized spacial score (nSPS) is 20.7.